The molecule has 0 unspecified atom stereocenters. The zero-order valence-electron chi connectivity index (χ0n) is 29.9. The number of rotatable bonds is 6. The summed E-state index contributed by atoms with van der Waals surface area (Å²) in [5.41, 5.74) is 9.98. The number of anilines is 2. The molecular formula is C41H45N5O2PtS. The van der Waals surface area contributed by atoms with Gasteiger partial charge in [-0.2, -0.15) is 13.3 Å². The van der Waals surface area contributed by atoms with Crippen molar-refractivity contribution in [2.24, 2.45) is 0 Å². The molecule has 3 heterocycles. The van der Waals surface area contributed by atoms with Crippen molar-refractivity contribution in [3.8, 4) is 11.1 Å². The van der Waals surface area contributed by atoms with Crippen molar-refractivity contribution < 1.29 is 29.5 Å². The number of nitrogens with zero attached hydrogens (tertiary/aromatic N) is 5. The van der Waals surface area contributed by atoms with E-state index in [1.807, 2.05) is 14.1 Å². The van der Waals surface area contributed by atoms with Gasteiger partial charge in [-0.3, -0.25) is 0 Å². The van der Waals surface area contributed by atoms with Crippen LogP contribution in [0, 0.1) is 19.4 Å². The van der Waals surface area contributed by atoms with Gasteiger partial charge in [0.15, 0.2) is 0 Å². The van der Waals surface area contributed by atoms with Crippen molar-refractivity contribution in [1.29, 1.82) is 0 Å². The van der Waals surface area contributed by atoms with Crippen LogP contribution in [0.4, 0.5) is 22.7 Å². The predicted octanol–water partition coefficient (Wildman–Crippen LogP) is 10.4. The van der Waals surface area contributed by atoms with Crippen LogP contribution in [0.3, 0.4) is 0 Å². The number of para-hydroxylation sites is 2. The number of fused-ring (bicyclic) bond motifs is 2. The summed E-state index contributed by atoms with van der Waals surface area (Å²) in [5.74, 6) is 1.37. The Morgan fingerprint density at radius 1 is 0.640 bits per heavy atom. The molecule has 0 spiro atoms. The molecule has 0 amide bonds. The minimum atomic E-state index is -3.40. The molecule has 3 aliphatic heterocycles. The molecule has 9 heteroatoms. The molecule has 0 N–H and O–H groups in total. The molecule has 4 aromatic rings. The monoisotopic (exact) mass is 866 g/mol. The summed E-state index contributed by atoms with van der Waals surface area (Å²) in [4.78, 5) is 8.98. The van der Waals surface area contributed by atoms with Crippen LogP contribution in [0.5, 0.6) is 0 Å². The van der Waals surface area contributed by atoms with Crippen LogP contribution in [-0.4, -0.2) is 32.3 Å². The van der Waals surface area contributed by atoms with Crippen LogP contribution in [-0.2, 0) is 30.9 Å². The molecule has 0 fully saturated rings. The first-order valence-electron chi connectivity index (χ1n) is 16.8. The van der Waals surface area contributed by atoms with E-state index in [0.717, 1.165) is 11.4 Å². The van der Waals surface area contributed by atoms with Gasteiger partial charge >= 0.3 is 21.1 Å². The molecule has 0 aliphatic carbocycles. The van der Waals surface area contributed by atoms with Crippen molar-refractivity contribution in [3.05, 3.63) is 139 Å². The molecule has 0 aromatic heterocycles. The van der Waals surface area contributed by atoms with Gasteiger partial charge in [-0.25, -0.2) is 8.42 Å². The molecule has 3 aliphatic rings. The summed E-state index contributed by atoms with van der Waals surface area (Å²) in [5, 5.41) is 4.33. The van der Waals surface area contributed by atoms with Gasteiger partial charge in [-0.1, -0.05) is 90.1 Å². The van der Waals surface area contributed by atoms with Gasteiger partial charge in [-0.15, -0.1) is 46.5 Å². The normalized spacial score (nSPS) is 15.6. The fraction of sp³-hybridized carbons (Fsp3) is 0.268. The predicted molar refractivity (Wildman–Crippen MR) is 201 cm³/mol. The third-order valence-electron chi connectivity index (χ3n) is 8.91. The summed E-state index contributed by atoms with van der Waals surface area (Å²) in [6.45, 7) is 18.0. The zero-order chi connectivity index (χ0) is 35.0. The largest absolute Gasteiger partial charge is 4.00 e. The van der Waals surface area contributed by atoms with Gasteiger partial charge in [0.05, 0.1) is 9.79 Å². The van der Waals surface area contributed by atoms with E-state index < -0.39 is 9.84 Å². The fourth-order valence-electron chi connectivity index (χ4n) is 6.24. The molecule has 0 atom stereocenters. The number of sulfone groups is 1. The summed E-state index contributed by atoms with van der Waals surface area (Å²) in [7, 11) is 0.699. The molecule has 0 bridgehead atoms. The van der Waals surface area contributed by atoms with Crippen molar-refractivity contribution in [2.45, 2.75) is 69.1 Å². The molecular weight excluding hydrogens is 822 g/mol. The Labute approximate surface area is 313 Å². The van der Waals surface area contributed by atoms with E-state index in [-0.39, 0.29) is 30.9 Å². The Balaban J connectivity index is 0.000000238. The molecule has 0 saturated heterocycles. The second-order valence-corrected chi connectivity index (χ2v) is 15.6. The smallest absolute Gasteiger partial charge is 0.656 e. The third-order valence-corrected chi connectivity index (χ3v) is 10.8. The quantitative estimate of drug-likeness (QED) is 0.159. The van der Waals surface area contributed by atoms with Gasteiger partial charge in [0, 0.05) is 0 Å². The van der Waals surface area contributed by atoms with Crippen LogP contribution in [0.15, 0.2) is 107 Å². The second-order valence-electron chi connectivity index (χ2n) is 13.7. The number of benzene rings is 4. The van der Waals surface area contributed by atoms with Crippen LogP contribution >= 0.6 is 0 Å². The Kier molecular flexibility index (Phi) is 11.2. The van der Waals surface area contributed by atoms with E-state index in [0.29, 0.717) is 29.1 Å². The SMILES string of the molecule is CC(C)c1cc(C(C)C)c(-c2cc(N3C=CN(C)[CH-]3)[c-]c(N3C=CN(C)[CH-]3)c2)c(C(C)C)c1.O=S1(=O)c2ccccc2[N-]c2ccccc21.[Pt+4]. The molecule has 7 rings (SSSR count). The van der Waals surface area contributed by atoms with E-state index in [9.17, 15) is 8.42 Å². The topological polar surface area (TPSA) is 61.2 Å². The maximum atomic E-state index is 12.2. The average molecular weight is 867 g/mol. The molecule has 0 radical (unpaired) electrons. The minimum absolute atomic E-state index is 0. The fourth-order valence-corrected chi connectivity index (χ4v) is 7.77. The van der Waals surface area contributed by atoms with Gasteiger partial charge < -0.3 is 24.9 Å². The molecule has 0 saturated carbocycles. The Morgan fingerprint density at radius 2 is 1.08 bits per heavy atom. The second kappa shape index (κ2) is 15.1. The number of hydrogen-bond donors (Lipinski definition) is 0. The van der Waals surface area contributed by atoms with Crippen molar-refractivity contribution >= 4 is 32.6 Å². The minimum Gasteiger partial charge on any atom is -0.656 e. The Morgan fingerprint density at radius 3 is 1.46 bits per heavy atom. The van der Waals surface area contributed by atoms with Gasteiger partial charge in [0.1, 0.15) is 0 Å². The maximum Gasteiger partial charge on any atom is 4.00 e. The first-order valence-corrected chi connectivity index (χ1v) is 18.3. The summed E-state index contributed by atoms with van der Waals surface area (Å²) in [6, 6.07) is 26.7. The summed E-state index contributed by atoms with van der Waals surface area (Å²) in [6.07, 6.45) is 8.30. The van der Waals surface area contributed by atoms with E-state index in [2.05, 4.69) is 135 Å². The average Bonchev–Trinajstić information content (AvgIpc) is 3.72. The molecule has 7 nitrogen and oxygen atoms in total. The zero-order valence-corrected chi connectivity index (χ0v) is 33.0. The van der Waals surface area contributed by atoms with Gasteiger partial charge in [0.25, 0.3) is 0 Å². The third kappa shape index (κ3) is 7.52. The van der Waals surface area contributed by atoms with Crippen LogP contribution < -0.4 is 9.80 Å². The molecule has 262 valence electrons. The van der Waals surface area contributed by atoms with Crippen molar-refractivity contribution in [2.75, 3.05) is 23.9 Å². The molecule has 50 heavy (non-hydrogen) atoms. The van der Waals surface area contributed by atoms with E-state index in [1.165, 1.54) is 27.8 Å². The first-order chi connectivity index (χ1) is 23.3. The van der Waals surface area contributed by atoms with Crippen molar-refractivity contribution in [1.82, 2.24) is 9.80 Å². The van der Waals surface area contributed by atoms with Crippen LogP contribution in [0.1, 0.15) is 76.0 Å². The van der Waals surface area contributed by atoms with E-state index in [1.54, 1.807) is 48.5 Å². The van der Waals surface area contributed by atoms with E-state index in [4.69, 9.17) is 0 Å². The maximum absolute atomic E-state index is 12.2. The summed E-state index contributed by atoms with van der Waals surface area (Å²) < 4.78 is 24.5. The van der Waals surface area contributed by atoms with Gasteiger partial charge in [-0.05, 0) is 91.0 Å². The Hall–Kier alpha value is -4.00. The standard InChI is InChI=1S/C29H37N4.C12H8NO2S.Pt/c1-20(2)23-15-27(21(3)4)29(28(16-23)22(5)6)24-13-25(32-11-9-30(7)18-32)17-26(14-24)33-12-10-31(8)19-33;14-16(15)11-7-3-1-5-9(11)13-10-6-2-4-8-12(10)16;/h9-16,18-22H,1-8H3;1-8H;/q-3;-1;+4. The number of hydrogen-bond acceptors (Lipinski definition) is 6. The van der Waals surface area contributed by atoms with E-state index >= 15 is 0 Å². The summed E-state index contributed by atoms with van der Waals surface area (Å²) >= 11 is 0. The van der Waals surface area contributed by atoms with Crippen molar-refractivity contribution in [3.63, 3.8) is 0 Å². The van der Waals surface area contributed by atoms with Crippen LogP contribution in [0.2, 0.25) is 0 Å². The Bertz CT molecular complexity index is 1900. The molecule has 4 aromatic carbocycles. The van der Waals surface area contributed by atoms with Crippen LogP contribution in [0.25, 0.3) is 16.4 Å². The van der Waals surface area contributed by atoms with Gasteiger partial charge in [0.2, 0.25) is 9.84 Å². The first kappa shape index (κ1) is 37.3.